The summed E-state index contributed by atoms with van der Waals surface area (Å²) >= 11 is 0. The van der Waals surface area contributed by atoms with Gasteiger partial charge < -0.3 is 10.2 Å². The van der Waals surface area contributed by atoms with Crippen molar-refractivity contribution in [2.75, 3.05) is 5.73 Å². The lowest BCUT2D eigenvalue weighted by atomic mass is 10.1. The molecule has 0 fully saturated rings. The van der Waals surface area contributed by atoms with Gasteiger partial charge in [0.25, 0.3) is 0 Å². The van der Waals surface area contributed by atoms with Crippen molar-refractivity contribution in [2.24, 2.45) is 0 Å². The second-order valence-corrected chi connectivity index (χ2v) is 3.86. The van der Waals surface area contributed by atoms with E-state index in [0.717, 1.165) is 22.3 Å². The predicted molar refractivity (Wildman–Crippen MR) is 62.4 cm³/mol. The SMILES string of the molecule is Cc1c(-c2cnco2)c(C)n2ncnc(N)c12. The molecule has 0 atom stereocenters. The molecule has 0 bridgehead atoms. The Morgan fingerprint density at radius 2 is 2.18 bits per heavy atom. The van der Waals surface area contributed by atoms with Crippen molar-refractivity contribution in [3.8, 4) is 11.3 Å². The molecule has 3 heterocycles. The number of oxazole rings is 1. The second kappa shape index (κ2) is 3.31. The minimum atomic E-state index is 0.464. The van der Waals surface area contributed by atoms with Gasteiger partial charge >= 0.3 is 0 Å². The number of anilines is 1. The molecule has 17 heavy (non-hydrogen) atoms. The molecule has 0 aliphatic rings. The predicted octanol–water partition coefficient (Wildman–Crippen LogP) is 1.58. The summed E-state index contributed by atoms with van der Waals surface area (Å²) in [5, 5.41) is 4.20. The molecule has 3 aromatic rings. The van der Waals surface area contributed by atoms with E-state index in [1.165, 1.54) is 12.7 Å². The lowest BCUT2D eigenvalue weighted by molar-refractivity contribution is 0.571. The number of nitrogen functional groups attached to an aromatic ring is 1. The minimum absolute atomic E-state index is 0.464. The maximum Gasteiger partial charge on any atom is 0.181 e. The monoisotopic (exact) mass is 229 g/mol. The number of nitrogens with two attached hydrogens (primary N) is 1. The van der Waals surface area contributed by atoms with Crippen molar-refractivity contribution in [1.82, 2.24) is 19.6 Å². The maximum atomic E-state index is 5.87. The second-order valence-electron chi connectivity index (χ2n) is 3.86. The Morgan fingerprint density at radius 1 is 1.35 bits per heavy atom. The molecule has 0 saturated heterocycles. The van der Waals surface area contributed by atoms with Crippen molar-refractivity contribution in [1.29, 1.82) is 0 Å². The largest absolute Gasteiger partial charge is 0.443 e. The van der Waals surface area contributed by atoms with Gasteiger partial charge in [0, 0.05) is 5.56 Å². The molecule has 2 N–H and O–H groups in total. The third kappa shape index (κ3) is 1.24. The Balaban J connectivity index is 2.45. The number of aromatic nitrogens is 4. The third-order valence-corrected chi connectivity index (χ3v) is 2.91. The molecule has 0 saturated carbocycles. The van der Waals surface area contributed by atoms with Gasteiger partial charge in [-0.2, -0.15) is 5.10 Å². The molecule has 0 aliphatic heterocycles. The van der Waals surface area contributed by atoms with Crippen LogP contribution in [0.25, 0.3) is 16.8 Å². The zero-order valence-electron chi connectivity index (χ0n) is 9.51. The molecule has 0 aromatic carbocycles. The summed E-state index contributed by atoms with van der Waals surface area (Å²) in [6.45, 7) is 3.93. The zero-order valence-corrected chi connectivity index (χ0v) is 9.51. The first-order valence-corrected chi connectivity index (χ1v) is 5.17. The average molecular weight is 229 g/mol. The molecule has 3 aromatic heterocycles. The first-order chi connectivity index (χ1) is 8.20. The quantitative estimate of drug-likeness (QED) is 0.685. The zero-order chi connectivity index (χ0) is 12.0. The fourth-order valence-electron chi connectivity index (χ4n) is 2.17. The highest BCUT2D eigenvalue weighted by Gasteiger charge is 2.18. The van der Waals surface area contributed by atoms with Crippen LogP contribution in [-0.2, 0) is 0 Å². The van der Waals surface area contributed by atoms with Gasteiger partial charge in [0.2, 0.25) is 0 Å². The van der Waals surface area contributed by atoms with Gasteiger partial charge in [0.15, 0.2) is 18.0 Å². The van der Waals surface area contributed by atoms with E-state index in [1.807, 2.05) is 13.8 Å². The van der Waals surface area contributed by atoms with Crippen LogP contribution >= 0.6 is 0 Å². The molecule has 6 heteroatoms. The smallest absolute Gasteiger partial charge is 0.181 e. The van der Waals surface area contributed by atoms with Crippen molar-refractivity contribution in [3.63, 3.8) is 0 Å². The van der Waals surface area contributed by atoms with E-state index in [-0.39, 0.29) is 0 Å². The molecule has 0 radical (unpaired) electrons. The van der Waals surface area contributed by atoms with Gasteiger partial charge in [-0.3, -0.25) is 0 Å². The highest BCUT2D eigenvalue weighted by Crippen LogP contribution is 2.32. The maximum absolute atomic E-state index is 5.87. The van der Waals surface area contributed by atoms with Crippen LogP contribution in [0.1, 0.15) is 11.3 Å². The van der Waals surface area contributed by atoms with Gasteiger partial charge in [0.05, 0.1) is 11.9 Å². The van der Waals surface area contributed by atoms with Gasteiger partial charge in [0.1, 0.15) is 11.8 Å². The van der Waals surface area contributed by atoms with E-state index in [4.69, 9.17) is 10.2 Å². The van der Waals surface area contributed by atoms with E-state index >= 15 is 0 Å². The molecule has 3 rings (SSSR count). The van der Waals surface area contributed by atoms with Gasteiger partial charge in [-0.05, 0) is 19.4 Å². The van der Waals surface area contributed by atoms with Crippen molar-refractivity contribution >= 4 is 11.3 Å². The summed E-state index contributed by atoms with van der Waals surface area (Å²) in [6, 6.07) is 0. The van der Waals surface area contributed by atoms with Crippen LogP contribution in [0.15, 0.2) is 23.3 Å². The molecule has 86 valence electrons. The number of hydrogen-bond acceptors (Lipinski definition) is 5. The highest BCUT2D eigenvalue weighted by atomic mass is 16.3. The topological polar surface area (TPSA) is 82.2 Å². The number of aryl methyl sites for hydroxylation is 2. The Labute approximate surface area is 97.1 Å². The number of rotatable bonds is 1. The first-order valence-electron chi connectivity index (χ1n) is 5.17. The van der Waals surface area contributed by atoms with Gasteiger partial charge in [-0.15, -0.1) is 0 Å². The number of nitrogens with zero attached hydrogens (tertiary/aromatic N) is 4. The van der Waals surface area contributed by atoms with Crippen molar-refractivity contribution in [3.05, 3.63) is 30.2 Å². The Morgan fingerprint density at radius 3 is 2.82 bits per heavy atom. The summed E-state index contributed by atoms with van der Waals surface area (Å²) in [5.74, 6) is 1.18. The Kier molecular flexibility index (Phi) is 1.91. The lowest BCUT2D eigenvalue weighted by Crippen LogP contribution is -2.00. The van der Waals surface area contributed by atoms with E-state index in [0.29, 0.717) is 11.6 Å². The fourth-order valence-corrected chi connectivity index (χ4v) is 2.17. The van der Waals surface area contributed by atoms with Gasteiger partial charge in [-0.25, -0.2) is 14.5 Å². The van der Waals surface area contributed by atoms with Crippen LogP contribution in [-0.4, -0.2) is 19.6 Å². The average Bonchev–Trinajstić information content (AvgIpc) is 2.88. The molecule has 0 amide bonds. The molecule has 0 unspecified atom stereocenters. The normalized spacial score (nSPS) is 11.2. The number of fused-ring (bicyclic) bond motifs is 1. The number of hydrogen-bond donors (Lipinski definition) is 1. The summed E-state index contributed by atoms with van der Waals surface area (Å²) < 4.78 is 7.11. The summed E-state index contributed by atoms with van der Waals surface area (Å²) in [6.07, 6.45) is 4.53. The van der Waals surface area contributed by atoms with Crippen LogP contribution < -0.4 is 5.73 Å². The van der Waals surface area contributed by atoms with Crippen molar-refractivity contribution < 1.29 is 4.42 Å². The van der Waals surface area contributed by atoms with Crippen LogP contribution in [0.4, 0.5) is 5.82 Å². The fraction of sp³-hybridized carbons (Fsp3) is 0.182. The lowest BCUT2D eigenvalue weighted by Gasteiger charge is -1.98. The van der Waals surface area contributed by atoms with Crippen LogP contribution in [0.2, 0.25) is 0 Å². The Hall–Kier alpha value is -2.37. The Bertz CT molecular complexity index is 684. The van der Waals surface area contributed by atoms with E-state index < -0.39 is 0 Å². The molecule has 0 spiro atoms. The minimum Gasteiger partial charge on any atom is -0.443 e. The third-order valence-electron chi connectivity index (χ3n) is 2.91. The van der Waals surface area contributed by atoms with Crippen molar-refractivity contribution in [2.45, 2.75) is 13.8 Å². The molecule has 6 nitrogen and oxygen atoms in total. The van der Waals surface area contributed by atoms with Crippen LogP contribution in [0.5, 0.6) is 0 Å². The molecular formula is C11H11N5O. The standard InChI is InChI=1S/C11H11N5O/c1-6-9(8-3-13-5-17-8)7(2)16-10(6)11(12)14-4-15-16/h3-5H,1-2H3,(H2,12,14,15). The van der Waals surface area contributed by atoms with Gasteiger partial charge in [-0.1, -0.05) is 0 Å². The van der Waals surface area contributed by atoms with E-state index in [1.54, 1.807) is 10.7 Å². The molecular weight excluding hydrogens is 218 g/mol. The van der Waals surface area contributed by atoms with Crippen LogP contribution in [0.3, 0.4) is 0 Å². The molecule has 0 aliphatic carbocycles. The summed E-state index contributed by atoms with van der Waals surface area (Å²) in [7, 11) is 0. The summed E-state index contributed by atoms with van der Waals surface area (Å²) in [4.78, 5) is 7.93. The highest BCUT2D eigenvalue weighted by molar-refractivity contribution is 5.81. The van der Waals surface area contributed by atoms with Crippen LogP contribution in [0, 0.1) is 13.8 Å². The van der Waals surface area contributed by atoms with E-state index in [2.05, 4.69) is 15.1 Å². The first kappa shape index (κ1) is 9.83. The van der Waals surface area contributed by atoms with E-state index in [9.17, 15) is 0 Å². The summed E-state index contributed by atoms with van der Waals surface area (Å²) in [5.41, 5.74) is 9.62.